The van der Waals surface area contributed by atoms with E-state index >= 15 is 0 Å². The van der Waals surface area contributed by atoms with Crippen LogP contribution in [0.25, 0.3) is 0 Å². The van der Waals surface area contributed by atoms with Gasteiger partial charge in [0.1, 0.15) is 0 Å². The standard InChI is InChI=1S/C23H28BrN3O5S/c1-32-14-11-25-23(29)20-7-2-3-8-21(20)26-22(28)18-9-12-27(13-10-18)33(30,31)16-17-5-4-6-19(24)15-17/h2-8,15,18H,9-14,16H2,1H3,(H,25,29)(H,26,28). The first-order valence-corrected chi connectivity index (χ1v) is 13.1. The van der Waals surface area contributed by atoms with E-state index in [9.17, 15) is 18.0 Å². The Kier molecular flexibility index (Phi) is 9.02. The number of benzene rings is 2. The number of nitrogens with zero attached hydrogens (tertiary/aromatic N) is 1. The van der Waals surface area contributed by atoms with Crippen molar-refractivity contribution in [2.45, 2.75) is 18.6 Å². The fourth-order valence-corrected chi connectivity index (χ4v) is 5.71. The summed E-state index contributed by atoms with van der Waals surface area (Å²) < 4.78 is 32.9. The summed E-state index contributed by atoms with van der Waals surface area (Å²) in [4.78, 5) is 25.3. The van der Waals surface area contributed by atoms with E-state index in [1.165, 1.54) is 4.31 Å². The molecule has 1 saturated heterocycles. The number of nitrogens with one attached hydrogen (secondary N) is 2. The number of hydrogen-bond acceptors (Lipinski definition) is 5. The molecule has 1 fully saturated rings. The Morgan fingerprint density at radius 1 is 1.12 bits per heavy atom. The third-order valence-corrected chi connectivity index (χ3v) is 7.82. The molecule has 3 rings (SSSR count). The Hall–Kier alpha value is -2.27. The maximum atomic E-state index is 12.9. The number of para-hydroxylation sites is 1. The summed E-state index contributed by atoms with van der Waals surface area (Å²) in [7, 11) is -1.92. The lowest BCUT2D eigenvalue weighted by molar-refractivity contribution is -0.120. The van der Waals surface area contributed by atoms with Gasteiger partial charge >= 0.3 is 0 Å². The largest absolute Gasteiger partial charge is 0.383 e. The zero-order chi connectivity index (χ0) is 23.8. The highest BCUT2D eigenvalue weighted by Gasteiger charge is 2.31. The molecule has 2 aromatic rings. The molecule has 10 heteroatoms. The number of ether oxygens (including phenoxy) is 1. The van der Waals surface area contributed by atoms with Gasteiger partial charge in [0.15, 0.2) is 0 Å². The van der Waals surface area contributed by atoms with E-state index in [2.05, 4.69) is 26.6 Å². The summed E-state index contributed by atoms with van der Waals surface area (Å²) in [6, 6.07) is 14.0. The molecule has 0 unspecified atom stereocenters. The van der Waals surface area contributed by atoms with Crippen LogP contribution in [0.5, 0.6) is 0 Å². The number of hydrogen-bond donors (Lipinski definition) is 2. The molecule has 0 bridgehead atoms. The van der Waals surface area contributed by atoms with Gasteiger partial charge in [0, 0.05) is 37.1 Å². The van der Waals surface area contributed by atoms with E-state index in [4.69, 9.17) is 4.74 Å². The Morgan fingerprint density at radius 2 is 1.85 bits per heavy atom. The van der Waals surface area contributed by atoms with Crippen LogP contribution in [-0.4, -0.2) is 57.9 Å². The highest BCUT2D eigenvalue weighted by molar-refractivity contribution is 9.10. The number of sulfonamides is 1. The van der Waals surface area contributed by atoms with Crippen molar-refractivity contribution in [2.24, 2.45) is 5.92 Å². The normalized spacial score (nSPS) is 15.2. The molecule has 0 radical (unpaired) electrons. The first kappa shape index (κ1) is 25.4. The smallest absolute Gasteiger partial charge is 0.253 e. The third kappa shape index (κ3) is 7.10. The van der Waals surface area contributed by atoms with Crippen LogP contribution in [-0.2, 0) is 25.3 Å². The number of anilines is 1. The van der Waals surface area contributed by atoms with Gasteiger partial charge in [-0.2, -0.15) is 0 Å². The van der Waals surface area contributed by atoms with Crippen LogP contribution in [0.1, 0.15) is 28.8 Å². The van der Waals surface area contributed by atoms with E-state index in [1.807, 2.05) is 6.07 Å². The summed E-state index contributed by atoms with van der Waals surface area (Å²) in [5, 5.41) is 5.59. The number of carbonyl (C=O) groups excluding carboxylic acids is 2. The molecule has 0 atom stereocenters. The lowest BCUT2D eigenvalue weighted by atomic mass is 9.97. The molecule has 1 heterocycles. The molecule has 0 saturated carbocycles. The maximum absolute atomic E-state index is 12.9. The van der Waals surface area contributed by atoms with Crippen molar-refractivity contribution in [3.8, 4) is 0 Å². The van der Waals surface area contributed by atoms with Gasteiger partial charge in [-0.25, -0.2) is 12.7 Å². The molecule has 178 valence electrons. The van der Waals surface area contributed by atoms with Gasteiger partial charge < -0.3 is 15.4 Å². The lowest BCUT2D eigenvalue weighted by Crippen LogP contribution is -2.42. The minimum absolute atomic E-state index is 0.0745. The Labute approximate surface area is 202 Å². The Morgan fingerprint density at radius 3 is 2.55 bits per heavy atom. The van der Waals surface area contributed by atoms with Crippen molar-refractivity contribution >= 4 is 43.5 Å². The van der Waals surface area contributed by atoms with Gasteiger partial charge in [-0.3, -0.25) is 9.59 Å². The summed E-state index contributed by atoms with van der Waals surface area (Å²) >= 11 is 3.36. The van der Waals surface area contributed by atoms with Crippen LogP contribution >= 0.6 is 15.9 Å². The fourth-order valence-electron chi connectivity index (χ4n) is 3.71. The molecule has 2 amide bonds. The zero-order valence-electron chi connectivity index (χ0n) is 18.4. The molecule has 2 N–H and O–H groups in total. The Bertz CT molecular complexity index is 1090. The number of methoxy groups -OCH3 is 1. The second-order valence-corrected chi connectivity index (χ2v) is 10.7. The van der Waals surface area contributed by atoms with Gasteiger partial charge in [0.25, 0.3) is 5.91 Å². The molecule has 2 aromatic carbocycles. The number of rotatable bonds is 9. The predicted molar refractivity (Wildman–Crippen MR) is 130 cm³/mol. The van der Waals surface area contributed by atoms with E-state index in [1.54, 1.807) is 49.6 Å². The second kappa shape index (κ2) is 11.7. The summed E-state index contributed by atoms with van der Waals surface area (Å²) in [6.45, 7) is 1.33. The van der Waals surface area contributed by atoms with Gasteiger partial charge in [-0.05, 0) is 42.7 Å². The third-order valence-electron chi connectivity index (χ3n) is 5.48. The van der Waals surface area contributed by atoms with Gasteiger partial charge in [-0.1, -0.05) is 40.2 Å². The highest BCUT2D eigenvalue weighted by Crippen LogP contribution is 2.25. The molecule has 33 heavy (non-hydrogen) atoms. The van der Waals surface area contributed by atoms with Crippen molar-refractivity contribution in [3.05, 3.63) is 64.1 Å². The van der Waals surface area contributed by atoms with Crippen LogP contribution in [0.2, 0.25) is 0 Å². The Balaban J connectivity index is 1.57. The van der Waals surface area contributed by atoms with E-state index in [-0.39, 0.29) is 36.6 Å². The molecule has 1 aliphatic rings. The lowest BCUT2D eigenvalue weighted by Gasteiger charge is -2.30. The summed E-state index contributed by atoms with van der Waals surface area (Å²) in [6.07, 6.45) is 0.845. The monoisotopic (exact) mass is 537 g/mol. The van der Waals surface area contributed by atoms with Crippen molar-refractivity contribution in [1.82, 2.24) is 9.62 Å². The first-order valence-electron chi connectivity index (χ1n) is 10.7. The van der Waals surface area contributed by atoms with Crippen molar-refractivity contribution in [1.29, 1.82) is 0 Å². The average Bonchev–Trinajstić information content (AvgIpc) is 2.79. The topological polar surface area (TPSA) is 105 Å². The van der Waals surface area contributed by atoms with Crippen molar-refractivity contribution in [3.63, 3.8) is 0 Å². The van der Waals surface area contributed by atoms with Gasteiger partial charge in [0.2, 0.25) is 15.9 Å². The minimum Gasteiger partial charge on any atom is -0.383 e. The van der Waals surface area contributed by atoms with Crippen LogP contribution in [0.15, 0.2) is 53.0 Å². The number of halogens is 1. The molecule has 1 aliphatic heterocycles. The first-order chi connectivity index (χ1) is 15.8. The SMILES string of the molecule is COCCNC(=O)c1ccccc1NC(=O)C1CCN(S(=O)(=O)Cc2cccc(Br)c2)CC1. The molecular weight excluding hydrogens is 510 g/mol. The number of carbonyl (C=O) groups is 2. The van der Waals surface area contributed by atoms with Crippen molar-refractivity contribution in [2.75, 3.05) is 38.7 Å². The van der Waals surface area contributed by atoms with Gasteiger partial charge in [-0.15, -0.1) is 0 Å². The quantitative estimate of drug-likeness (QED) is 0.478. The maximum Gasteiger partial charge on any atom is 0.253 e. The number of amides is 2. The van der Waals surface area contributed by atoms with Crippen LogP contribution in [0.4, 0.5) is 5.69 Å². The average molecular weight is 538 g/mol. The molecule has 0 aliphatic carbocycles. The van der Waals surface area contributed by atoms with E-state index in [0.29, 0.717) is 42.8 Å². The molecule has 8 nitrogen and oxygen atoms in total. The molecular formula is C23H28BrN3O5S. The van der Waals surface area contributed by atoms with Crippen LogP contribution in [0, 0.1) is 5.92 Å². The molecule has 0 aromatic heterocycles. The highest BCUT2D eigenvalue weighted by atomic mass is 79.9. The summed E-state index contributed by atoms with van der Waals surface area (Å²) in [5.74, 6) is -0.908. The minimum atomic E-state index is -3.47. The van der Waals surface area contributed by atoms with Crippen LogP contribution in [0.3, 0.4) is 0 Å². The number of piperidine rings is 1. The zero-order valence-corrected chi connectivity index (χ0v) is 20.8. The summed E-state index contributed by atoms with van der Waals surface area (Å²) in [5.41, 5.74) is 1.52. The molecule has 0 spiro atoms. The fraction of sp³-hybridized carbons (Fsp3) is 0.391. The second-order valence-electron chi connectivity index (χ2n) is 7.84. The van der Waals surface area contributed by atoms with Crippen molar-refractivity contribution < 1.29 is 22.7 Å². The van der Waals surface area contributed by atoms with E-state index < -0.39 is 10.0 Å². The van der Waals surface area contributed by atoms with Crippen LogP contribution < -0.4 is 10.6 Å². The predicted octanol–water partition coefficient (Wildman–Crippen LogP) is 3.01. The van der Waals surface area contributed by atoms with Gasteiger partial charge in [0.05, 0.1) is 23.6 Å². The van der Waals surface area contributed by atoms with E-state index in [0.717, 1.165) is 4.47 Å².